The predicted molar refractivity (Wildman–Crippen MR) is 79.8 cm³/mol. The monoisotopic (exact) mass is 297 g/mol. The average Bonchev–Trinajstić information content (AvgIpc) is 2.59. The minimum Gasteiger partial charge on any atom is -0.497 e. The van der Waals surface area contributed by atoms with Crippen molar-refractivity contribution in [1.29, 1.82) is 5.26 Å². The van der Waals surface area contributed by atoms with E-state index in [1.807, 2.05) is 6.07 Å². The molecule has 0 atom stereocenters. The first-order chi connectivity index (χ1) is 10.7. The van der Waals surface area contributed by atoms with Gasteiger partial charge in [0.25, 0.3) is 0 Å². The minimum atomic E-state index is -0.498. The number of carbonyl (C=O) groups is 1. The molecule has 0 aliphatic heterocycles. The topological polar surface area (TPSA) is 68.5 Å². The fourth-order valence-electron chi connectivity index (χ4n) is 1.92. The van der Waals surface area contributed by atoms with Gasteiger partial charge in [0.1, 0.15) is 23.7 Å². The Balaban J connectivity index is 2.10. The minimum absolute atomic E-state index is 0.0868. The standard InChI is InChI=1S/C17H15NO4/c1-20-14-6-7-15(16(9-14)21-2)17(19)22-11-13-5-3-4-12(8-13)10-18/h3-9H,11H2,1-2H3. The number of nitriles is 1. The van der Waals surface area contributed by atoms with Crippen LogP contribution in [-0.2, 0) is 11.3 Å². The normalized spacial score (nSPS) is 9.68. The molecule has 0 N–H and O–H groups in total. The molecule has 0 aliphatic carbocycles. The van der Waals surface area contributed by atoms with E-state index in [9.17, 15) is 4.79 Å². The van der Waals surface area contributed by atoms with Crippen LogP contribution in [0.5, 0.6) is 11.5 Å². The van der Waals surface area contributed by atoms with Crippen LogP contribution in [0.2, 0.25) is 0 Å². The van der Waals surface area contributed by atoms with Crippen molar-refractivity contribution in [2.45, 2.75) is 6.61 Å². The Labute approximate surface area is 128 Å². The number of benzene rings is 2. The van der Waals surface area contributed by atoms with Gasteiger partial charge in [0.2, 0.25) is 0 Å². The summed E-state index contributed by atoms with van der Waals surface area (Å²) in [5.41, 5.74) is 1.59. The van der Waals surface area contributed by atoms with Crippen LogP contribution in [0.4, 0.5) is 0 Å². The Hall–Kier alpha value is -3.00. The number of nitrogens with zero attached hydrogens (tertiary/aromatic N) is 1. The second-order valence-electron chi connectivity index (χ2n) is 4.45. The van der Waals surface area contributed by atoms with E-state index < -0.39 is 5.97 Å². The lowest BCUT2D eigenvalue weighted by Crippen LogP contribution is -2.07. The van der Waals surface area contributed by atoms with Crippen LogP contribution in [-0.4, -0.2) is 20.2 Å². The van der Waals surface area contributed by atoms with Crippen molar-refractivity contribution < 1.29 is 19.0 Å². The lowest BCUT2D eigenvalue weighted by atomic mass is 10.1. The summed E-state index contributed by atoms with van der Waals surface area (Å²) in [6, 6.07) is 13.8. The second-order valence-corrected chi connectivity index (χ2v) is 4.45. The van der Waals surface area contributed by atoms with Gasteiger partial charge in [0.05, 0.1) is 25.9 Å². The van der Waals surface area contributed by atoms with Gasteiger partial charge in [-0.25, -0.2) is 4.79 Å². The summed E-state index contributed by atoms with van der Waals surface area (Å²) in [6.07, 6.45) is 0. The summed E-state index contributed by atoms with van der Waals surface area (Å²) in [6.45, 7) is 0.0868. The fraction of sp³-hybridized carbons (Fsp3) is 0.176. The number of rotatable bonds is 5. The van der Waals surface area contributed by atoms with E-state index >= 15 is 0 Å². The van der Waals surface area contributed by atoms with Crippen molar-refractivity contribution in [2.75, 3.05) is 14.2 Å². The number of methoxy groups -OCH3 is 2. The van der Waals surface area contributed by atoms with Crippen molar-refractivity contribution in [2.24, 2.45) is 0 Å². The van der Waals surface area contributed by atoms with Crippen LogP contribution in [0.3, 0.4) is 0 Å². The molecule has 0 spiro atoms. The van der Waals surface area contributed by atoms with Crippen LogP contribution >= 0.6 is 0 Å². The molecule has 0 saturated carbocycles. The Kier molecular flexibility index (Phi) is 4.99. The molecule has 0 unspecified atom stereocenters. The Morgan fingerprint density at radius 2 is 1.95 bits per heavy atom. The molecular formula is C17H15NO4. The quantitative estimate of drug-likeness (QED) is 0.794. The maximum Gasteiger partial charge on any atom is 0.342 e. The van der Waals surface area contributed by atoms with Crippen molar-refractivity contribution in [3.63, 3.8) is 0 Å². The zero-order chi connectivity index (χ0) is 15.9. The maximum atomic E-state index is 12.1. The van der Waals surface area contributed by atoms with E-state index in [0.29, 0.717) is 22.6 Å². The van der Waals surface area contributed by atoms with Crippen LogP contribution in [0.15, 0.2) is 42.5 Å². The molecule has 0 amide bonds. The fourth-order valence-corrected chi connectivity index (χ4v) is 1.92. The highest BCUT2D eigenvalue weighted by Crippen LogP contribution is 2.25. The zero-order valence-corrected chi connectivity index (χ0v) is 12.3. The zero-order valence-electron chi connectivity index (χ0n) is 12.3. The van der Waals surface area contributed by atoms with E-state index in [1.54, 1.807) is 42.5 Å². The van der Waals surface area contributed by atoms with Crippen LogP contribution in [0, 0.1) is 11.3 Å². The van der Waals surface area contributed by atoms with Gasteiger partial charge in [0.15, 0.2) is 0 Å². The third-order valence-electron chi connectivity index (χ3n) is 3.05. The number of carbonyl (C=O) groups excluding carboxylic acids is 1. The summed E-state index contributed by atoms with van der Waals surface area (Å²) < 4.78 is 15.5. The molecule has 5 heteroatoms. The van der Waals surface area contributed by atoms with E-state index in [1.165, 1.54) is 14.2 Å². The number of ether oxygens (including phenoxy) is 3. The Morgan fingerprint density at radius 3 is 2.64 bits per heavy atom. The van der Waals surface area contributed by atoms with Gasteiger partial charge in [-0.3, -0.25) is 0 Å². The SMILES string of the molecule is COc1ccc(C(=O)OCc2cccc(C#N)c2)c(OC)c1. The highest BCUT2D eigenvalue weighted by molar-refractivity contribution is 5.92. The Morgan fingerprint density at radius 1 is 1.14 bits per heavy atom. The van der Waals surface area contributed by atoms with E-state index in [-0.39, 0.29) is 6.61 Å². The number of hydrogen-bond donors (Lipinski definition) is 0. The molecule has 0 bridgehead atoms. The molecule has 2 aromatic carbocycles. The summed E-state index contributed by atoms with van der Waals surface area (Å²) in [7, 11) is 3.01. The molecule has 112 valence electrons. The predicted octanol–water partition coefficient (Wildman–Crippen LogP) is 2.93. The molecule has 0 saturated heterocycles. The van der Waals surface area contributed by atoms with Crippen LogP contribution in [0.25, 0.3) is 0 Å². The molecule has 0 aromatic heterocycles. The van der Waals surface area contributed by atoms with E-state index in [2.05, 4.69) is 0 Å². The van der Waals surface area contributed by atoms with Gasteiger partial charge in [-0.05, 0) is 29.8 Å². The highest BCUT2D eigenvalue weighted by Gasteiger charge is 2.15. The second kappa shape index (κ2) is 7.14. The van der Waals surface area contributed by atoms with Gasteiger partial charge in [-0.2, -0.15) is 5.26 Å². The summed E-state index contributed by atoms with van der Waals surface area (Å²) in [5.74, 6) is 0.479. The van der Waals surface area contributed by atoms with Crippen molar-refractivity contribution >= 4 is 5.97 Å². The summed E-state index contributed by atoms with van der Waals surface area (Å²) >= 11 is 0. The lowest BCUT2D eigenvalue weighted by Gasteiger charge is -2.10. The van der Waals surface area contributed by atoms with Gasteiger partial charge in [0, 0.05) is 6.07 Å². The largest absolute Gasteiger partial charge is 0.497 e. The van der Waals surface area contributed by atoms with Gasteiger partial charge >= 0.3 is 5.97 Å². The molecule has 0 aliphatic rings. The molecule has 0 heterocycles. The van der Waals surface area contributed by atoms with Crippen LogP contribution < -0.4 is 9.47 Å². The van der Waals surface area contributed by atoms with Crippen molar-refractivity contribution in [1.82, 2.24) is 0 Å². The van der Waals surface area contributed by atoms with Crippen molar-refractivity contribution in [3.8, 4) is 17.6 Å². The van der Waals surface area contributed by atoms with Gasteiger partial charge in [-0.1, -0.05) is 12.1 Å². The smallest absolute Gasteiger partial charge is 0.342 e. The molecule has 2 aromatic rings. The molecule has 0 radical (unpaired) electrons. The third-order valence-corrected chi connectivity index (χ3v) is 3.05. The van der Waals surface area contributed by atoms with Crippen molar-refractivity contribution in [3.05, 3.63) is 59.2 Å². The average molecular weight is 297 g/mol. The third kappa shape index (κ3) is 3.55. The number of esters is 1. The summed E-state index contributed by atoms with van der Waals surface area (Å²) in [4.78, 5) is 12.1. The summed E-state index contributed by atoms with van der Waals surface area (Å²) in [5, 5.41) is 8.85. The molecule has 0 fully saturated rings. The first kappa shape index (κ1) is 15.4. The molecule has 22 heavy (non-hydrogen) atoms. The highest BCUT2D eigenvalue weighted by atomic mass is 16.5. The molecule has 5 nitrogen and oxygen atoms in total. The van der Waals surface area contributed by atoms with E-state index in [0.717, 1.165) is 5.56 Å². The maximum absolute atomic E-state index is 12.1. The lowest BCUT2D eigenvalue weighted by molar-refractivity contribution is 0.0469. The first-order valence-corrected chi connectivity index (χ1v) is 6.56. The van der Waals surface area contributed by atoms with E-state index in [4.69, 9.17) is 19.5 Å². The first-order valence-electron chi connectivity index (χ1n) is 6.56. The van der Waals surface area contributed by atoms with Gasteiger partial charge < -0.3 is 14.2 Å². The molecular weight excluding hydrogens is 282 g/mol. The van der Waals surface area contributed by atoms with Crippen LogP contribution in [0.1, 0.15) is 21.5 Å². The molecule has 2 rings (SSSR count). The number of hydrogen-bond acceptors (Lipinski definition) is 5. The van der Waals surface area contributed by atoms with Gasteiger partial charge in [-0.15, -0.1) is 0 Å². The Bertz CT molecular complexity index is 719.